The minimum Gasteiger partial charge on any atom is -0.377 e. The van der Waals surface area contributed by atoms with Crippen molar-refractivity contribution in [3.63, 3.8) is 0 Å². The van der Waals surface area contributed by atoms with E-state index in [0.717, 1.165) is 12.2 Å². The Morgan fingerprint density at radius 3 is 3.10 bits per heavy atom. The van der Waals surface area contributed by atoms with Gasteiger partial charge in [0.15, 0.2) is 0 Å². The van der Waals surface area contributed by atoms with Crippen LogP contribution in [0.2, 0.25) is 0 Å². The molecule has 0 unspecified atom stereocenters. The van der Waals surface area contributed by atoms with Crippen molar-refractivity contribution in [3.05, 3.63) is 30.1 Å². The van der Waals surface area contributed by atoms with Crippen LogP contribution in [0.15, 0.2) is 24.5 Å². The first-order valence-electron chi connectivity index (χ1n) is 3.40. The SMILES string of the molecule is CCOCc1cccnc1. The second-order valence-electron chi connectivity index (χ2n) is 2.00. The van der Waals surface area contributed by atoms with Gasteiger partial charge >= 0.3 is 0 Å². The van der Waals surface area contributed by atoms with Crippen LogP contribution >= 0.6 is 0 Å². The maximum Gasteiger partial charge on any atom is 0.0731 e. The van der Waals surface area contributed by atoms with Crippen molar-refractivity contribution in [2.24, 2.45) is 0 Å². The van der Waals surface area contributed by atoms with Crippen molar-refractivity contribution < 1.29 is 4.74 Å². The molecule has 0 saturated carbocycles. The van der Waals surface area contributed by atoms with Gasteiger partial charge in [-0.1, -0.05) is 6.07 Å². The molecule has 54 valence electrons. The van der Waals surface area contributed by atoms with Crippen LogP contribution in [0.4, 0.5) is 0 Å². The molecule has 0 fully saturated rings. The molecular formula is C8H11NO. The van der Waals surface area contributed by atoms with E-state index in [-0.39, 0.29) is 0 Å². The van der Waals surface area contributed by atoms with Crippen molar-refractivity contribution in [3.8, 4) is 0 Å². The molecule has 1 aromatic heterocycles. The predicted molar refractivity (Wildman–Crippen MR) is 39.6 cm³/mol. The van der Waals surface area contributed by atoms with Crippen molar-refractivity contribution in [2.75, 3.05) is 6.61 Å². The Balaban J connectivity index is 2.43. The van der Waals surface area contributed by atoms with Crippen molar-refractivity contribution in [2.45, 2.75) is 13.5 Å². The van der Waals surface area contributed by atoms with E-state index in [4.69, 9.17) is 4.74 Å². The Kier molecular flexibility index (Phi) is 2.90. The van der Waals surface area contributed by atoms with E-state index in [1.54, 1.807) is 6.20 Å². The van der Waals surface area contributed by atoms with Gasteiger partial charge in [0.2, 0.25) is 0 Å². The highest BCUT2D eigenvalue weighted by Gasteiger charge is 1.87. The molecule has 10 heavy (non-hydrogen) atoms. The van der Waals surface area contributed by atoms with Crippen LogP contribution in [0.3, 0.4) is 0 Å². The lowest BCUT2D eigenvalue weighted by Gasteiger charge is -1.98. The average molecular weight is 137 g/mol. The summed E-state index contributed by atoms with van der Waals surface area (Å²) < 4.78 is 5.18. The maximum absolute atomic E-state index is 5.18. The van der Waals surface area contributed by atoms with Crippen LogP contribution in [-0.2, 0) is 11.3 Å². The van der Waals surface area contributed by atoms with Crippen molar-refractivity contribution in [1.29, 1.82) is 0 Å². The summed E-state index contributed by atoms with van der Waals surface area (Å²) >= 11 is 0. The second kappa shape index (κ2) is 4.01. The molecule has 0 aliphatic heterocycles. The molecular weight excluding hydrogens is 126 g/mol. The Bertz CT molecular complexity index is 174. The third-order valence-electron chi connectivity index (χ3n) is 1.20. The lowest BCUT2D eigenvalue weighted by molar-refractivity contribution is 0.134. The molecule has 1 heterocycles. The molecule has 2 nitrogen and oxygen atoms in total. The number of aromatic nitrogens is 1. The normalized spacial score (nSPS) is 9.70. The Labute approximate surface area is 60.9 Å². The molecule has 0 spiro atoms. The van der Waals surface area contributed by atoms with E-state index in [2.05, 4.69) is 4.98 Å². The number of nitrogens with zero attached hydrogens (tertiary/aromatic N) is 1. The van der Waals surface area contributed by atoms with Gasteiger partial charge in [0.1, 0.15) is 0 Å². The summed E-state index contributed by atoms with van der Waals surface area (Å²) in [5.74, 6) is 0. The molecule has 0 amide bonds. The Morgan fingerprint density at radius 2 is 2.50 bits per heavy atom. The predicted octanol–water partition coefficient (Wildman–Crippen LogP) is 1.62. The molecule has 0 aliphatic rings. The molecule has 0 radical (unpaired) electrons. The van der Waals surface area contributed by atoms with Crippen LogP contribution < -0.4 is 0 Å². The van der Waals surface area contributed by atoms with E-state index in [1.165, 1.54) is 0 Å². The smallest absolute Gasteiger partial charge is 0.0731 e. The van der Waals surface area contributed by atoms with E-state index < -0.39 is 0 Å². The van der Waals surface area contributed by atoms with E-state index in [9.17, 15) is 0 Å². The Hall–Kier alpha value is -0.890. The van der Waals surface area contributed by atoms with Crippen LogP contribution in [-0.4, -0.2) is 11.6 Å². The minimum absolute atomic E-state index is 0.671. The molecule has 0 atom stereocenters. The maximum atomic E-state index is 5.18. The van der Waals surface area contributed by atoms with Crippen LogP contribution in [0.25, 0.3) is 0 Å². The van der Waals surface area contributed by atoms with E-state index in [0.29, 0.717) is 6.61 Å². The lowest BCUT2D eigenvalue weighted by atomic mass is 10.3. The molecule has 0 bridgehead atoms. The van der Waals surface area contributed by atoms with E-state index in [1.807, 2.05) is 25.3 Å². The van der Waals surface area contributed by atoms with Gasteiger partial charge in [-0.25, -0.2) is 0 Å². The third kappa shape index (κ3) is 2.15. The highest BCUT2D eigenvalue weighted by atomic mass is 16.5. The number of rotatable bonds is 3. The number of pyridine rings is 1. The highest BCUT2D eigenvalue weighted by molar-refractivity contribution is 5.06. The summed E-state index contributed by atoms with van der Waals surface area (Å²) in [6.07, 6.45) is 3.57. The zero-order chi connectivity index (χ0) is 7.23. The van der Waals surface area contributed by atoms with Gasteiger partial charge in [-0.3, -0.25) is 4.98 Å². The number of ether oxygens (including phenoxy) is 1. The minimum atomic E-state index is 0.671. The molecule has 1 rings (SSSR count). The van der Waals surface area contributed by atoms with Gasteiger partial charge in [0.05, 0.1) is 6.61 Å². The van der Waals surface area contributed by atoms with Gasteiger partial charge in [-0.2, -0.15) is 0 Å². The largest absolute Gasteiger partial charge is 0.377 e. The summed E-state index contributed by atoms with van der Waals surface area (Å²) in [6, 6.07) is 3.91. The molecule has 1 aromatic rings. The quantitative estimate of drug-likeness (QED) is 0.631. The molecule has 2 heteroatoms. The monoisotopic (exact) mass is 137 g/mol. The zero-order valence-corrected chi connectivity index (χ0v) is 6.08. The Morgan fingerprint density at radius 1 is 1.60 bits per heavy atom. The summed E-state index contributed by atoms with van der Waals surface area (Å²) in [7, 11) is 0. The molecule has 0 saturated heterocycles. The lowest BCUT2D eigenvalue weighted by Crippen LogP contribution is -1.91. The van der Waals surface area contributed by atoms with Crippen LogP contribution in [0.1, 0.15) is 12.5 Å². The van der Waals surface area contributed by atoms with Crippen LogP contribution in [0, 0.1) is 0 Å². The van der Waals surface area contributed by atoms with Gasteiger partial charge < -0.3 is 4.74 Å². The standard InChI is InChI=1S/C8H11NO/c1-2-10-7-8-4-3-5-9-6-8/h3-6H,2,7H2,1H3. The fourth-order valence-corrected chi connectivity index (χ4v) is 0.703. The highest BCUT2D eigenvalue weighted by Crippen LogP contribution is 1.96. The molecule has 0 N–H and O–H groups in total. The first-order valence-corrected chi connectivity index (χ1v) is 3.40. The third-order valence-corrected chi connectivity index (χ3v) is 1.20. The molecule has 0 aliphatic carbocycles. The van der Waals surface area contributed by atoms with Crippen molar-refractivity contribution >= 4 is 0 Å². The first-order chi connectivity index (χ1) is 4.93. The number of hydrogen-bond donors (Lipinski definition) is 0. The van der Waals surface area contributed by atoms with E-state index >= 15 is 0 Å². The van der Waals surface area contributed by atoms with Crippen molar-refractivity contribution in [1.82, 2.24) is 4.98 Å². The summed E-state index contributed by atoms with van der Waals surface area (Å²) in [4.78, 5) is 3.96. The zero-order valence-electron chi connectivity index (χ0n) is 6.08. The first kappa shape index (κ1) is 7.22. The van der Waals surface area contributed by atoms with Gasteiger partial charge in [0.25, 0.3) is 0 Å². The fourth-order valence-electron chi connectivity index (χ4n) is 0.703. The second-order valence-corrected chi connectivity index (χ2v) is 2.00. The van der Waals surface area contributed by atoms with Gasteiger partial charge in [0, 0.05) is 19.0 Å². The summed E-state index contributed by atoms with van der Waals surface area (Å²) in [5.41, 5.74) is 1.13. The summed E-state index contributed by atoms with van der Waals surface area (Å²) in [6.45, 7) is 3.41. The van der Waals surface area contributed by atoms with Gasteiger partial charge in [-0.15, -0.1) is 0 Å². The molecule has 0 aromatic carbocycles. The van der Waals surface area contributed by atoms with Crippen LogP contribution in [0.5, 0.6) is 0 Å². The topological polar surface area (TPSA) is 22.1 Å². The average Bonchev–Trinajstić information content (AvgIpc) is 2.03. The summed E-state index contributed by atoms with van der Waals surface area (Å²) in [5, 5.41) is 0. The van der Waals surface area contributed by atoms with Gasteiger partial charge in [-0.05, 0) is 18.6 Å². The fraction of sp³-hybridized carbons (Fsp3) is 0.375. The number of hydrogen-bond acceptors (Lipinski definition) is 2.